The number of nitrogens with one attached hydrogen (secondary N) is 2. The van der Waals surface area contributed by atoms with Crippen LogP contribution in [0.5, 0.6) is 0 Å². The van der Waals surface area contributed by atoms with Crippen molar-refractivity contribution in [1.29, 1.82) is 0 Å². The van der Waals surface area contributed by atoms with Crippen molar-refractivity contribution in [2.24, 2.45) is 11.8 Å². The predicted molar refractivity (Wildman–Crippen MR) is 149 cm³/mol. The molecule has 1 aliphatic carbocycles. The first kappa shape index (κ1) is 30.5. The van der Waals surface area contributed by atoms with Crippen LogP contribution in [-0.2, 0) is 20.7 Å². The smallest absolute Gasteiger partial charge is 0.240 e. The van der Waals surface area contributed by atoms with E-state index >= 15 is 0 Å². The molecule has 0 bridgehead atoms. The normalized spacial score (nSPS) is 20.9. The molecule has 2 aliphatic rings. The highest BCUT2D eigenvalue weighted by atomic mass is 16.5. The number of aliphatic hydroxyl groups is 2. The molecule has 3 rings (SSSR count). The van der Waals surface area contributed by atoms with Gasteiger partial charge < -0.3 is 25.2 Å². The molecular weight excluding hydrogens is 482 g/mol. The Balaban J connectivity index is 1.69. The summed E-state index contributed by atoms with van der Waals surface area (Å²) < 4.78 is 5.42. The fourth-order valence-corrected chi connectivity index (χ4v) is 5.71. The van der Waals surface area contributed by atoms with E-state index in [9.17, 15) is 19.8 Å². The molecule has 1 heterocycles. The molecular formula is C30H49N3O5. The number of amides is 2. The number of aliphatic hydroxyl groups excluding tert-OH is 2. The number of carbonyl (C=O) groups is 2. The minimum absolute atomic E-state index is 0.0389. The standard InChI is InChI=1S/C30H49N3O5/c1-21(2)18-27(34)28(35)25(19-23-10-6-4-7-11-23)32-29(36)22(3)31-26(20-24-12-8-5-9-13-24)30(37)33-14-16-38-17-15-33/h5,8-9,12-13,21-23,25-28,31,34-35H,4,6-7,10-11,14-20H2,1-3H3,(H,32,36)/t22-,25-,26+,27-,28+/m0/s1. The molecule has 1 aliphatic heterocycles. The van der Waals surface area contributed by atoms with E-state index in [0.29, 0.717) is 51.5 Å². The van der Waals surface area contributed by atoms with Crippen LogP contribution in [0.3, 0.4) is 0 Å². The van der Waals surface area contributed by atoms with Crippen molar-refractivity contribution in [3.63, 3.8) is 0 Å². The molecule has 0 spiro atoms. The number of rotatable bonds is 13. The molecule has 2 amide bonds. The van der Waals surface area contributed by atoms with Gasteiger partial charge in [0.2, 0.25) is 11.8 Å². The molecule has 4 N–H and O–H groups in total. The van der Waals surface area contributed by atoms with E-state index in [1.165, 1.54) is 19.3 Å². The monoisotopic (exact) mass is 531 g/mol. The van der Waals surface area contributed by atoms with Crippen molar-refractivity contribution in [1.82, 2.24) is 15.5 Å². The van der Waals surface area contributed by atoms with Gasteiger partial charge in [0.15, 0.2) is 0 Å². The maximum atomic E-state index is 13.4. The summed E-state index contributed by atoms with van der Waals surface area (Å²) in [6.45, 7) is 7.88. The second kappa shape index (κ2) is 15.6. The highest BCUT2D eigenvalue weighted by Crippen LogP contribution is 2.29. The Bertz CT molecular complexity index is 840. The fourth-order valence-electron chi connectivity index (χ4n) is 5.71. The Morgan fingerprint density at radius 1 is 1.03 bits per heavy atom. The average molecular weight is 532 g/mol. The van der Waals surface area contributed by atoms with Crippen molar-refractivity contribution in [2.45, 2.75) is 102 Å². The van der Waals surface area contributed by atoms with Crippen LogP contribution in [0.15, 0.2) is 30.3 Å². The summed E-state index contributed by atoms with van der Waals surface area (Å²) in [7, 11) is 0. The van der Waals surface area contributed by atoms with Gasteiger partial charge in [0, 0.05) is 13.1 Å². The molecule has 2 fully saturated rings. The van der Waals surface area contributed by atoms with Crippen molar-refractivity contribution in [3.05, 3.63) is 35.9 Å². The molecule has 1 saturated carbocycles. The summed E-state index contributed by atoms with van der Waals surface area (Å²) >= 11 is 0. The molecule has 1 aromatic rings. The molecule has 1 aromatic carbocycles. The largest absolute Gasteiger partial charge is 0.390 e. The predicted octanol–water partition coefficient (Wildman–Crippen LogP) is 2.66. The lowest BCUT2D eigenvalue weighted by Gasteiger charge is -2.34. The van der Waals surface area contributed by atoms with Crippen molar-refractivity contribution in [2.75, 3.05) is 26.3 Å². The van der Waals surface area contributed by atoms with Gasteiger partial charge in [-0.1, -0.05) is 76.3 Å². The Hall–Kier alpha value is -2.00. The third kappa shape index (κ3) is 9.63. The summed E-state index contributed by atoms with van der Waals surface area (Å²) in [5, 5.41) is 28.1. The van der Waals surface area contributed by atoms with E-state index < -0.39 is 30.3 Å². The van der Waals surface area contributed by atoms with Crippen molar-refractivity contribution in [3.8, 4) is 0 Å². The number of benzene rings is 1. The van der Waals surface area contributed by atoms with E-state index in [1.54, 1.807) is 11.8 Å². The van der Waals surface area contributed by atoms with E-state index in [0.717, 1.165) is 18.4 Å². The molecule has 38 heavy (non-hydrogen) atoms. The van der Waals surface area contributed by atoms with E-state index in [2.05, 4.69) is 10.6 Å². The van der Waals surface area contributed by atoms with Crippen molar-refractivity contribution >= 4 is 11.8 Å². The van der Waals surface area contributed by atoms with Gasteiger partial charge in [-0.25, -0.2) is 0 Å². The Kier molecular flexibility index (Phi) is 12.5. The van der Waals surface area contributed by atoms with Crippen LogP contribution >= 0.6 is 0 Å². The van der Waals surface area contributed by atoms with Crippen LogP contribution in [0.2, 0.25) is 0 Å². The fraction of sp³-hybridized carbons (Fsp3) is 0.733. The van der Waals surface area contributed by atoms with Gasteiger partial charge in [-0.15, -0.1) is 0 Å². The number of nitrogens with zero attached hydrogens (tertiary/aromatic N) is 1. The average Bonchev–Trinajstić information content (AvgIpc) is 2.92. The summed E-state index contributed by atoms with van der Waals surface area (Å²) in [5.74, 6) is 0.348. The van der Waals surface area contributed by atoms with E-state index in [4.69, 9.17) is 4.74 Å². The molecule has 5 atom stereocenters. The maximum Gasteiger partial charge on any atom is 0.240 e. The number of carbonyl (C=O) groups excluding carboxylic acids is 2. The van der Waals surface area contributed by atoms with Crippen molar-refractivity contribution < 1.29 is 24.5 Å². The van der Waals surface area contributed by atoms with Crippen LogP contribution in [0.25, 0.3) is 0 Å². The van der Waals surface area contributed by atoms with Gasteiger partial charge in [-0.05, 0) is 43.6 Å². The lowest BCUT2D eigenvalue weighted by Crippen LogP contribution is -2.58. The van der Waals surface area contributed by atoms with Crippen LogP contribution in [0.4, 0.5) is 0 Å². The Labute approximate surface area is 228 Å². The molecule has 1 saturated heterocycles. The molecule has 8 nitrogen and oxygen atoms in total. The second-order valence-corrected chi connectivity index (χ2v) is 11.6. The van der Waals surface area contributed by atoms with Crippen LogP contribution in [0, 0.1) is 11.8 Å². The first-order chi connectivity index (χ1) is 18.2. The van der Waals surface area contributed by atoms with E-state index in [1.807, 2.05) is 44.2 Å². The zero-order valence-electron chi connectivity index (χ0n) is 23.5. The van der Waals surface area contributed by atoms with Crippen LogP contribution in [0.1, 0.15) is 71.3 Å². The topological polar surface area (TPSA) is 111 Å². The highest BCUT2D eigenvalue weighted by Gasteiger charge is 2.33. The quantitative estimate of drug-likeness (QED) is 0.312. The van der Waals surface area contributed by atoms with Gasteiger partial charge in [0.05, 0.1) is 37.4 Å². The minimum Gasteiger partial charge on any atom is -0.390 e. The lowest BCUT2D eigenvalue weighted by atomic mass is 9.82. The van der Waals surface area contributed by atoms with Gasteiger partial charge in [-0.2, -0.15) is 0 Å². The summed E-state index contributed by atoms with van der Waals surface area (Å²) in [6, 6.07) is 8.05. The lowest BCUT2D eigenvalue weighted by molar-refractivity contribution is -0.138. The highest BCUT2D eigenvalue weighted by molar-refractivity contribution is 5.85. The first-order valence-corrected chi connectivity index (χ1v) is 14.6. The van der Waals surface area contributed by atoms with Crippen LogP contribution < -0.4 is 10.6 Å². The van der Waals surface area contributed by atoms with Crippen LogP contribution in [-0.4, -0.2) is 83.6 Å². The molecule has 0 unspecified atom stereocenters. The molecule has 0 radical (unpaired) electrons. The SMILES string of the molecule is CC(C)C[C@H](O)[C@H](O)[C@H](CC1CCCCC1)NC(=O)[C@H](C)N[C@H](Cc1ccccc1)C(=O)N1CCOCC1. The Morgan fingerprint density at radius 2 is 1.68 bits per heavy atom. The number of hydrogen-bond donors (Lipinski definition) is 4. The van der Waals surface area contributed by atoms with Gasteiger partial charge in [-0.3, -0.25) is 14.9 Å². The minimum atomic E-state index is -1.04. The third-order valence-electron chi connectivity index (χ3n) is 7.91. The number of ether oxygens (including phenoxy) is 1. The second-order valence-electron chi connectivity index (χ2n) is 11.6. The molecule has 214 valence electrons. The maximum absolute atomic E-state index is 13.4. The summed E-state index contributed by atoms with van der Waals surface area (Å²) in [6.07, 6.45) is 5.38. The zero-order chi connectivity index (χ0) is 27.5. The Morgan fingerprint density at radius 3 is 2.32 bits per heavy atom. The number of morpholine rings is 1. The molecule has 0 aromatic heterocycles. The molecule has 8 heteroatoms. The number of hydrogen-bond acceptors (Lipinski definition) is 6. The zero-order valence-corrected chi connectivity index (χ0v) is 23.5. The third-order valence-corrected chi connectivity index (χ3v) is 7.91. The summed E-state index contributed by atoms with van der Waals surface area (Å²) in [4.78, 5) is 28.7. The van der Waals surface area contributed by atoms with Gasteiger partial charge in [0.1, 0.15) is 6.10 Å². The van der Waals surface area contributed by atoms with Gasteiger partial charge in [0.25, 0.3) is 0 Å². The summed E-state index contributed by atoms with van der Waals surface area (Å²) in [5.41, 5.74) is 1.02. The first-order valence-electron chi connectivity index (χ1n) is 14.6. The van der Waals surface area contributed by atoms with Gasteiger partial charge >= 0.3 is 0 Å². The van der Waals surface area contributed by atoms with E-state index in [-0.39, 0.29) is 17.7 Å².